The summed E-state index contributed by atoms with van der Waals surface area (Å²) in [6.45, 7) is 2.41. The van der Waals surface area contributed by atoms with Crippen molar-refractivity contribution in [1.82, 2.24) is 10.2 Å². The van der Waals surface area contributed by atoms with Crippen LogP contribution < -0.4 is 10.1 Å². The molecule has 0 bridgehead atoms. The van der Waals surface area contributed by atoms with Gasteiger partial charge in [-0.2, -0.15) is 0 Å². The fourth-order valence-electron chi connectivity index (χ4n) is 3.71. The Labute approximate surface area is 190 Å². The maximum absolute atomic E-state index is 13.5. The van der Waals surface area contributed by atoms with Gasteiger partial charge in [0.1, 0.15) is 17.3 Å². The largest absolute Gasteiger partial charge is 0.457 e. The van der Waals surface area contributed by atoms with Gasteiger partial charge >= 0.3 is 0 Å². The topological polar surface area (TPSA) is 41.6 Å². The predicted molar refractivity (Wildman–Crippen MR) is 123 cm³/mol. The Morgan fingerprint density at radius 2 is 1.68 bits per heavy atom. The molecule has 0 atom stereocenters. The second-order valence-corrected chi connectivity index (χ2v) is 8.55. The van der Waals surface area contributed by atoms with Gasteiger partial charge in [-0.25, -0.2) is 4.39 Å². The van der Waals surface area contributed by atoms with E-state index in [2.05, 4.69) is 26.1 Å². The van der Waals surface area contributed by atoms with Crippen LogP contribution in [0.3, 0.4) is 0 Å². The number of benzene rings is 3. The van der Waals surface area contributed by atoms with Crippen molar-refractivity contribution in [2.24, 2.45) is 0 Å². The number of nitrogens with one attached hydrogen (secondary N) is 1. The van der Waals surface area contributed by atoms with Gasteiger partial charge in [-0.05, 0) is 73.0 Å². The molecule has 0 aliphatic carbocycles. The van der Waals surface area contributed by atoms with E-state index in [1.165, 1.54) is 6.07 Å². The fourth-order valence-corrected chi connectivity index (χ4v) is 4.08. The minimum atomic E-state index is -0.222. The molecule has 0 unspecified atom stereocenters. The summed E-state index contributed by atoms with van der Waals surface area (Å²) in [5, 5.41) is 3.13. The molecule has 3 aromatic rings. The van der Waals surface area contributed by atoms with E-state index in [0.29, 0.717) is 17.9 Å². The van der Waals surface area contributed by atoms with Gasteiger partial charge in [-0.15, -0.1) is 0 Å². The third-order valence-electron chi connectivity index (χ3n) is 5.42. The molecule has 1 heterocycles. The number of carbonyl (C=O) groups is 1. The number of hydrogen-bond acceptors (Lipinski definition) is 3. The summed E-state index contributed by atoms with van der Waals surface area (Å²) >= 11 is 3.49. The number of likely N-dealkylation sites (tertiary alicyclic amines) is 1. The van der Waals surface area contributed by atoms with Crippen molar-refractivity contribution in [3.8, 4) is 11.5 Å². The van der Waals surface area contributed by atoms with Crippen LogP contribution >= 0.6 is 15.9 Å². The summed E-state index contributed by atoms with van der Waals surface area (Å²) in [4.78, 5) is 14.9. The molecule has 0 spiro atoms. The van der Waals surface area contributed by atoms with Crippen LogP contribution in [0.5, 0.6) is 11.5 Å². The van der Waals surface area contributed by atoms with Crippen molar-refractivity contribution in [3.05, 3.63) is 94.2 Å². The third kappa shape index (κ3) is 5.93. The number of para-hydroxylation sites is 1. The molecular formula is C25H24BrFN2O2. The van der Waals surface area contributed by atoms with Crippen molar-refractivity contribution < 1.29 is 13.9 Å². The zero-order chi connectivity index (χ0) is 21.6. The lowest BCUT2D eigenvalue weighted by molar-refractivity contribution is 0.0909. The van der Waals surface area contributed by atoms with Gasteiger partial charge in [0.05, 0.1) is 0 Å². The molecule has 4 nitrogen and oxygen atoms in total. The predicted octanol–water partition coefficient (Wildman–Crippen LogP) is 5.77. The quantitative estimate of drug-likeness (QED) is 0.484. The minimum Gasteiger partial charge on any atom is -0.457 e. The standard InChI is InChI=1S/C25H24BrFN2O2/c26-24-11-8-20(27)16-19(24)17-29-14-12-21(13-15-29)28-25(30)18-6-9-23(10-7-18)31-22-4-2-1-3-5-22/h1-11,16,21H,12-15,17H2,(H,28,30). The first-order valence-electron chi connectivity index (χ1n) is 10.4. The van der Waals surface area contributed by atoms with E-state index in [9.17, 15) is 9.18 Å². The van der Waals surface area contributed by atoms with Crippen molar-refractivity contribution in [1.29, 1.82) is 0 Å². The van der Waals surface area contributed by atoms with Crippen LogP contribution in [0, 0.1) is 5.82 Å². The third-order valence-corrected chi connectivity index (χ3v) is 6.19. The van der Waals surface area contributed by atoms with Crippen molar-refractivity contribution >= 4 is 21.8 Å². The summed E-state index contributed by atoms with van der Waals surface area (Å²) in [6.07, 6.45) is 1.74. The highest BCUT2D eigenvalue weighted by molar-refractivity contribution is 9.10. The Bertz CT molecular complexity index is 1020. The van der Waals surface area contributed by atoms with Gasteiger partial charge in [0.15, 0.2) is 0 Å². The zero-order valence-corrected chi connectivity index (χ0v) is 18.6. The summed E-state index contributed by atoms with van der Waals surface area (Å²) in [6, 6.07) is 21.6. The Kier molecular flexibility index (Phi) is 6.99. The highest BCUT2D eigenvalue weighted by Gasteiger charge is 2.22. The zero-order valence-electron chi connectivity index (χ0n) is 17.1. The van der Waals surface area contributed by atoms with E-state index >= 15 is 0 Å². The number of ether oxygens (including phenoxy) is 1. The second-order valence-electron chi connectivity index (χ2n) is 7.70. The lowest BCUT2D eigenvalue weighted by Gasteiger charge is -2.32. The number of amides is 1. The molecule has 31 heavy (non-hydrogen) atoms. The highest BCUT2D eigenvalue weighted by Crippen LogP contribution is 2.23. The average molecular weight is 483 g/mol. The second kappa shape index (κ2) is 10.1. The number of carbonyl (C=O) groups excluding carboxylic acids is 1. The molecule has 6 heteroatoms. The van der Waals surface area contributed by atoms with Gasteiger partial charge < -0.3 is 10.1 Å². The lowest BCUT2D eigenvalue weighted by atomic mass is 10.0. The number of piperidine rings is 1. The Balaban J connectivity index is 1.26. The average Bonchev–Trinajstić information content (AvgIpc) is 2.79. The van der Waals surface area contributed by atoms with Crippen LogP contribution in [0.4, 0.5) is 4.39 Å². The first-order valence-corrected chi connectivity index (χ1v) is 11.2. The number of halogens is 2. The van der Waals surface area contributed by atoms with Gasteiger partial charge in [0.2, 0.25) is 0 Å². The van der Waals surface area contributed by atoms with E-state index < -0.39 is 0 Å². The van der Waals surface area contributed by atoms with Crippen LogP contribution in [0.2, 0.25) is 0 Å². The Hall–Kier alpha value is -2.70. The molecule has 1 N–H and O–H groups in total. The molecule has 0 radical (unpaired) electrons. The van der Waals surface area contributed by atoms with E-state index in [4.69, 9.17) is 4.74 Å². The molecule has 1 aliphatic rings. The van der Waals surface area contributed by atoms with Gasteiger partial charge in [0, 0.05) is 35.7 Å². The SMILES string of the molecule is O=C(NC1CCN(Cc2cc(F)ccc2Br)CC1)c1ccc(Oc2ccccc2)cc1. The summed E-state index contributed by atoms with van der Waals surface area (Å²) < 4.78 is 20.2. The van der Waals surface area contributed by atoms with Crippen molar-refractivity contribution in [2.75, 3.05) is 13.1 Å². The van der Waals surface area contributed by atoms with E-state index in [1.807, 2.05) is 30.3 Å². The fraction of sp³-hybridized carbons (Fsp3) is 0.240. The molecule has 1 aliphatic heterocycles. The first-order chi connectivity index (χ1) is 15.1. The summed E-state index contributed by atoms with van der Waals surface area (Å²) in [5.74, 6) is 1.16. The van der Waals surface area contributed by atoms with Crippen LogP contribution in [0.15, 0.2) is 77.3 Å². The molecule has 4 rings (SSSR count). The van der Waals surface area contributed by atoms with Gasteiger partial charge in [-0.3, -0.25) is 9.69 Å². The first kappa shape index (κ1) is 21.5. The molecule has 1 amide bonds. The number of nitrogens with zero attached hydrogens (tertiary/aromatic N) is 1. The molecule has 1 fully saturated rings. The van der Waals surface area contributed by atoms with E-state index in [0.717, 1.165) is 41.7 Å². The number of rotatable bonds is 6. The maximum atomic E-state index is 13.5. The van der Waals surface area contributed by atoms with Crippen LogP contribution in [0.1, 0.15) is 28.8 Å². The molecule has 1 saturated heterocycles. The van der Waals surface area contributed by atoms with Crippen molar-refractivity contribution in [3.63, 3.8) is 0 Å². The van der Waals surface area contributed by atoms with Crippen LogP contribution in [-0.2, 0) is 6.54 Å². The number of hydrogen-bond donors (Lipinski definition) is 1. The minimum absolute atomic E-state index is 0.0717. The van der Waals surface area contributed by atoms with Crippen LogP contribution in [-0.4, -0.2) is 29.9 Å². The molecule has 160 valence electrons. The van der Waals surface area contributed by atoms with E-state index in [1.54, 1.807) is 36.4 Å². The molecular weight excluding hydrogens is 459 g/mol. The van der Waals surface area contributed by atoms with Crippen molar-refractivity contribution in [2.45, 2.75) is 25.4 Å². The molecule has 0 saturated carbocycles. The van der Waals surface area contributed by atoms with Gasteiger partial charge in [0.25, 0.3) is 5.91 Å². The highest BCUT2D eigenvalue weighted by atomic mass is 79.9. The molecule has 0 aromatic heterocycles. The summed E-state index contributed by atoms with van der Waals surface area (Å²) in [7, 11) is 0. The summed E-state index contributed by atoms with van der Waals surface area (Å²) in [5.41, 5.74) is 1.56. The van der Waals surface area contributed by atoms with E-state index in [-0.39, 0.29) is 17.8 Å². The normalized spacial score (nSPS) is 14.9. The smallest absolute Gasteiger partial charge is 0.251 e. The maximum Gasteiger partial charge on any atom is 0.251 e. The van der Waals surface area contributed by atoms with Crippen LogP contribution in [0.25, 0.3) is 0 Å². The Morgan fingerprint density at radius 1 is 1.00 bits per heavy atom. The monoisotopic (exact) mass is 482 g/mol. The Morgan fingerprint density at radius 3 is 2.39 bits per heavy atom. The molecule has 3 aromatic carbocycles. The lowest BCUT2D eigenvalue weighted by Crippen LogP contribution is -2.44. The van der Waals surface area contributed by atoms with Gasteiger partial charge in [-0.1, -0.05) is 34.1 Å².